The molecule has 6 nitrogen and oxygen atoms in total. The molecule has 0 bridgehead atoms. The van der Waals surface area contributed by atoms with Gasteiger partial charge in [0, 0.05) is 49.4 Å². The molecule has 0 spiro atoms. The second-order valence-electron chi connectivity index (χ2n) is 9.23. The lowest BCUT2D eigenvalue weighted by Crippen LogP contribution is -2.50. The maximum absolute atomic E-state index is 13.1. The molecule has 5 rings (SSSR count). The van der Waals surface area contributed by atoms with Crippen molar-refractivity contribution in [3.05, 3.63) is 70.2 Å². The van der Waals surface area contributed by atoms with Gasteiger partial charge in [-0.1, -0.05) is 29.8 Å². The van der Waals surface area contributed by atoms with Crippen LogP contribution >= 0.6 is 11.6 Å². The number of hydrogen-bond acceptors (Lipinski definition) is 4. The number of anilines is 1. The molecule has 1 amide bonds. The molecule has 1 saturated carbocycles. The predicted molar refractivity (Wildman–Crippen MR) is 132 cm³/mol. The normalized spacial score (nSPS) is 21.4. The molecule has 7 heteroatoms. The highest BCUT2D eigenvalue weighted by molar-refractivity contribution is 6.30. The number of halogens is 1. The van der Waals surface area contributed by atoms with Crippen molar-refractivity contribution in [3.8, 4) is 0 Å². The molecular weight excluding hydrogens is 436 g/mol. The third-order valence-corrected chi connectivity index (χ3v) is 7.38. The first-order chi connectivity index (χ1) is 16.1. The van der Waals surface area contributed by atoms with E-state index in [1.54, 1.807) is 10.9 Å². The molecule has 2 aliphatic rings. The monoisotopic (exact) mass is 464 g/mol. The number of benzene rings is 2. The van der Waals surface area contributed by atoms with Gasteiger partial charge >= 0.3 is 0 Å². The minimum Gasteiger partial charge on any atom is -0.368 e. The molecule has 3 aromatic rings. The Morgan fingerprint density at radius 1 is 0.970 bits per heavy atom. The van der Waals surface area contributed by atoms with Crippen LogP contribution in [-0.4, -0.2) is 46.5 Å². The zero-order chi connectivity index (χ0) is 22.8. The largest absolute Gasteiger partial charge is 0.368 e. The van der Waals surface area contributed by atoms with E-state index < -0.39 is 0 Å². The lowest BCUT2D eigenvalue weighted by atomic mass is 9.81. The van der Waals surface area contributed by atoms with Crippen LogP contribution in [0.4, 0.5) is 5.69 Å². The Morgan fingerprint density at radius 3 is 2.48 bits per heavy atom. The summed E-state index contributed by atoms with van der Waals surface area (Å²) in [6.07, 6.45) is 5.40. The van der Waals surface area contributed by atoms with Crippen LogP contribution in [-0.2, 0) is 11.3 Å². The average Bonchev–Trinajstić information content (AvgIpc) is 2.86. The lowest BCUT2D eigenvalue weighted by Gasteiger charge is -2.39. The highest BCUT2D eigenvalue weighted by Gasteiger charge is 2.31. The van der Waals surface area contributed by atoms with Crippen molar-refractivity contribution in [2.24, 2.45) is 11.8 Å². The zero-order valence-electron chi connectivity index (χ0n) is 18.7. The summed E-state index contributed by atoms with van der Waals surface area (Å²) >= 11 is 6.13. The fourth-order valence-electron chi connectivity index (χ4n) is 5.22. The maximum Gasteiger partial charge on any atom is 0.261 e. The number of carbonyl (C=O) groups excluding carboxylic acids is 1. The van der Waals surface area contributed by atoms with E-state index in [-0.39, 0.29) is 11.5 Å². The molecule has 2 fully saturated rings. The van der Waals surface area contributed by atoms with Gasteiger partial charge in [0.1, 0.15) is 0 Å². The SMILES string of the molecule is O=C(C1CCC(Cn2cnc3ccccc3c2=O)CC1)N1CCN(c2cccc(Cl)c2)CC1. The van der Waals surface area contributed by atoms with Crippen molar-refractivity contribution in [2.45, 2.75) is 32.2 Å². The van der Waals surface area contributed by atoms with E-state index in [0.717, 1.165) is 68.1 Å². The van der Waals surface area contributed by atoms with Crippen LogP contribution in [0.2, 0.25) is 5.02 Å². The van der Waals surface area contributed by atoms with Crippen molar-refractivity contribution in [1.82, 2.24) is 14.5 Å². The molecule has 1 aliphatic carbocycles. The minimum absolute atomic E-state index is 0.0244. The summed E-state index contributed by atoms with van der Waals surface area (Å²) in [6.45, 7) is 3.85. The Labute approximate surface area is 198 Å². The fraction of sp³-hybridized carbons (Fsp3) is 0.423. The van der Waals surface area contributed by atoms with Gasteiger partial charge < -0.3 is 9.80 Å². The topological polar surface area (TPSA) is 58.4 Å². The molecule has 2 aromatic carbocycles. The van der Waals surface area contributed by atoms with Crippen molar-refractivity contribution in [2.75, 3.05) is 31.1 Å². The van der Waals surface area contributed by atoms with Crippen molar-refractivity contribution >= 4 is 34.1 Å². The first-order valence-corrected chi connectivity index (χ1v) is 12.2. The zero-order valence-corrected chi connectivity index (χ0v) is 19.5. The van der Waals surface area contributed by atoms with Gasteiger partial charge in [0.15, 0.2) is 0 Å². The first-order valence-electron chi connectivity index (χ1n) is 11.8. The smallest absolute Gasteiger partial charge is 0.261 e. The number of aromatic nitrogens is 2. The standard InChI is InChI=1S/C26H29ClN4O2/c27-21-4-3-5-22(16-21)29-12-14-30(15-13-29)25(32)20-10-8-19(9-11-20)17-31-18-28-24-7-2-1-6-23(24)26(31)33/h1-7,16,18-20H,8-15,17H2. The van der Waals surface area contributed by atoms with Crippen LogP contribution in [0.3, 0.4) is 0 Å². The lowest BCUT2D eigenvalue weighted by molar-refractivity contribution is -0.137. The molecule has 33 heavy (non-hydrogen) atoms. The summed E-state index contributed by atoms with van der Waals surface area (Å²) in [6, 6.07) is 15.4. The number of piperazine rings is 1. The molecule has 172 valence electrons. The van der Waals surface area contributed by atoms with Gasteiger partial charge in [0.25, 0.3) is 5.56 Å². The second-order valence-corrected chi connectivity index (χ2v) is 9.67. The molecule has 2 heterocycles. The number of hydrogen-bond donors (Lipinski definition) is 0. The summed E-state index contributed by atoms with van der Waals surface area (Å²) in [5.41, 5.74) is 1.88. The predicted octanol–water partition coefficient (Wildman–Crippen LogP) is 4.21. The second kappa shape index (κ2) is 9.56. The fourth-order valence-corrected chi connectivity index (χ4v) is 5.41. The van der Waals surface area contributed by atoms with Gasteiger partial charge in [-0.2, -0.15) is 0 Å². The molecule has 1 aromatic heterocycles. The third kappa shape index (κ3) is 4.76. The Kier molecular flexibility index (Phi) is 6.36. The van der Waals surface area contributed by atoms with Gasteiger partial charge in [-0.25, -0.2) is 4.98 Å². The van der Waals surface area contributed by atoms with E-state index in [1.165, 1.54) is 0 Å². The first kappa shape index (κ1) is 22.0. The Bertz CT molecular complexity index is 1190. The van der Waals surface area contributed by atoms with Crippen LogP contribution in [0.15, 0.2) is 59.7 Å². The Balaban J connectivity index is 1.14. The summed E-state index contributed by atoms with van der Waals surface area (Å²) in [4.78, 5) is 34.7. The number of nitrogens with zero attached hydrogens (tertiary/aromatic N) is 4. The molecule has 0 N–H and O–H groups in total. The van der Waals surface area contributed by atoms with Gasteiger partial charge in [-0.3, -0.25) is 14.2 Å². The van der Waals surface area contributed by atoms with E-state index in [4.69, 9.17) is 11.6 Å². The van der Waals surface area contributed by atoms with Crippen LogP contribution in [0.1, 0.15) is 25.7 Å². The number of fused-ring (bicyclic) bond motifs is 1. The number of amides is 1. The van der Waals surface area contributed by atoms with Crippen LogP contribution in [0, 0.1) is 11.8 Å². The van der Waals surface area contributed by atoms with E-state index in [2.05, 4.69) is 16.0 Å². The molecule has 1 saturated heterocycles. The molecule has 1 aliphatic heterocycles. The molecular formula is C26H29ClN4O2. The molecule has 0 radical (unpaired) electrons. The Morgan fingerprint density at radius 2 is 1.73 bits per heavy atom. The number of rotatable bonds is 4. The van der Waals surface area contributed by atoms with Crippen LogP contribution < -0.4 is 10.5 Å². The van der Waals surface area contributed by atoms with E-state index in [9.17, 15) is 9.59 Å². The number of para-hydroxylation sites is 1. The van der Waals surface area contributed by atoms with Crippen LogP contribution in [0.25, 0.3) is 10.9 Å². The van der Waals surface area contributed by atoms with E-state index in [1.807, 2.05) is 47.4 Å². The minimum atomic E-state index is 0.0244. The van der Waals surface area contributed by atoms with Crippen LogP contribution in [0.5, 0.6) is 0 Å². The maximum atomic E-state index is 13.1. The molecule has 0 atom stereocenters. The summed E-state index contributed by atoms with van der Waals surface area (Å²) in [5, 5.41) is 1.41. The van der Waals surface area contributed by atoms with Gasteiger partial charge in [-0.05, 0) is 61.9 Å². The van der Waals surface area contributed by atoms with Gasteiger partial charge in [0.05, 0.1) is 17.2 Å². The van der Waals surface area contributed by atoms with Gasteiger partial charge in [-0.15, -0.1) is 0 Å². The summed E-state index contributed by atoms with van der Waals surface area (Å²) in [7, 11) is 0. The van der Waals surface area contributed by atoms with Crippen molar-refractivity contribution < 1.29 is 4.79 Å². The molecule has 0 unspecified atom stereocenters. The van der Waals surface area contributed by atoms with Crippen molar-refractivity contribution in [3.63, 3.8) is 0 Å². The van der Waals surface area contributed by atoms with Crippen molar-refractivity contribution in [1.29, 1.82) is 0 Å². The average molecular weight is 465 g/mol. The third-order valence-electron chi connectivity index (χ3n) is 7.15. The van der Waals surface area contributed by atoms with Gasteiger partial charge in [0.2, 0.25) is 5.91 Å². The number of carbonyl (C=O) groups is 1. The van der Waals surface area contributed by atoms with E-state index >= 15 is 0 Å². The summed E-state index contributed by atoms with van der Waals surface area (Å²) < 4.78 is 1.74. The quantitative estimate of drug-likeness (QED) is 0.580. The highest BCUT2D eigenvalue weighted by Crippen LogP contribution is 2.31. The van der Waals surface area contributed by atoms with E-state index in [0.29, 0.717) is 23.8 Å². The summed E-state index contributed by atoms with van der Waals surface area (Å²) in [5.74, 6) is 0.809. The highest BCUT2D eigenvalue weighted by atomic mass is 35.5. The Hall–Kier alpha value is -2.86.